The molecule has 0 aromatic carbocycles. The number of ketones is 1. The number of hydrogen-bond donors (Lipinski definition) is 1. The van der Waals surface area contributed by atoms with Crippen LogP contribution in [0.1, 0.15) is 26.7 Å². The van der Waals surface area contributed by atoms with E-state index in [1.165, 1.54) is 0 Å². The Morgan fingerprint density at radius 3 is 2.23 bits per heavy atom. The highest BCUT2D eigenvalue weighted by atomic mass is 16.1. The van der Waals surface area contributed by atoms with Gasteiger partial charge in [0.2, 0.25) is 0 Å². The zero-order valence-electron chi connectivity index (χ0n) is 8.55. The van der Waals surface area contributed by atoms with Gasteiger partial charge in [-0.3, -0.25) is 4.79 Å². The minimum atomic E-state index is 0.233. The van der Waals surface area contributed by atoms with Crippen LogP contribution >= 0.6 is 0 Å². The Bertz CT molecular complexity index is 200. The highest BCUT2D eigenvalue weighted by Gasteiger charge is 2.40. The standard InChI is InChI=1S/C11H19NO/c1-7(2)11(13)8-3-9-5-12-6-10(9)4-8/h7-10,12H,3-6H2,1-2H3. The van der Waals surface area contributed by atoms with Crippen molar-refractivity contribution < 1.29 is 4.79 Å². The quantitative estimate of drug-likeness (QED) is 0.698. The molecule has 2 fully saturated rings. The second kappa shape index (κ2) is 3.41. The third-order valence-electron chi connectivity index (χ3n) is 3.63. The Hall–Kier alpha value is -0.370. The van der Waals surface area contributed by atoms with E-state index in [4.69, 9.17) is 0 Å². The van der Waals surface area contributed by atoms with Crippen molar-refractivity contribution in [3.63, 3.8) is 0 Å². The zero-order chi connectivity index (χ0) is 9.42. The van der Waals surface area contributed by atoms with Gasteiger partial charge in [0.1, 0.15) is 5.78 Å². The van der Waals surface area contributed by atoms with Crippen LogP contribution in [0, 0.1) is 23.7 Å². The van der Waals surface area contributed by atoms with Gasteiger partial charge in [-0.15, -0.1) is 0 Å². The molecule has 2 nitrogen and oxygen atoms in total. The smallest absolute Gasteiger partial charge is 0.138 e. The van der Waals surface area contributed by atoms with Crippen molar-refractivity contribution in [3.05, 3.63) is 0 Å². The lowest BCUT2D eigenvalue weighted by Crippen LogP contribution is -2.20. The van der Waals surface area contributed by atoms with Crippen LogP contribution in [0.5, 0.6) is 0 Å². The van der Waals surface area contributed by atoms with Crippen LogP contribution in [-0.4, -0.2) is 18.9 Å². The summed E-state index contributed by atoms with van der Waals surface area (Å²) in [4.78, 5) is 11.8. The van der Waals surface area contributed by atoms with Crippen LogP contribution in [0.3, 0.4) is 0 Å². The van der Waals surface area contributed by atoms with Crippen LogP contribution in [-0.2, 0) is 4.79 Å². The van der Waals surface area contributed by atoms with Gasteiger partial charge in [-0.2, -0.15) is 0 Å². The molecule has 0 bridgehead atoms. The fourth-order valence-electron chi connectivity index (χ4n) is 2.87. The van der Waals surface area contributed by atoms with Gasteiger partial charge in [-0.25, -0.2) is 0 Å². The van der Waals surface area contributed by atoms with Gasteiger partial charge >= 0.3 is 0 Å². The molecule has 2 atom stereocenters. The summed E-state index contributed by atoms with van der Waals surface area (Å²) < 4.78 is 0. The normalized spacial score (nSPS) is 38.2. The molecule has 0 spiro atoms. The summed E-state index contributed by atoms with van der Waals surface area (Å²) >= 11 is 0. The van der Waals surface area contributed by atoms with Crippen LogP contribution < -0.4 is 5.32 Å². The van der Waals surface area contributed by atoms with Crippen molar-refractivity contribution in [3.8, 4) is 0 Å². The minimum absolute atomic E-state index is 0.233. The number of fused-ring (bicyclic) bond motifs is 1. The molecular formula is C11H19NO. The number of Topliss-reactive ketones (excluding diaryl/α,β-unsaturated/α-hetero) is 1. The van der Waals surface area contributed by atoms with Gasteiger partial charge in [0.25, 0.3) is 0 Å². The molecule has 0 aromatic heterocycles. The van der Waals surface area contributed by atoms with Crippen molar-refractivity contribution >= 4 is 5.78 Å². The minimum Gasteiger partial charge on any atom is -0.316 e. The molecule has 2 unspecified atom stereocenters. The first kappa shape index (κ1) is 9.20. The van der Waals surface area contributed by atoms with Gasteiger partial charge in [-0.1, -0.05) is 13.8 Å². The maximum Gasteiger partial charge on any atom is 0.138 e. The van der Waals surface area contributed by atoms with Gasteiger partial charge in [0, 0.05) is 11.8 Å². The maximum absolute atomic E-state index is 11.8. The lowest BCUT2D eigenvalue weighted by atomic mass is 9.93. The van der Waals surface area contributed by atoms with E-state index in [9.17, 15) is 4.79 Å². The number of hydrogen-bond acceptors (Lipinski definition) is 2. The molecule has 1 aliphatic carbocycles. The molecule has 0 aromatic rings. The van der Waals surface area contributed by atoms with E-state index in [2.05, 4.69) is 5.32 Å². The van der Waals surface area contributed by atoms with Crippen molar-refractivity contribution in [1.29, 1.82) is 0 Å². The van der Waals surface area contributed by atoms with Gasteiger partial charge in [0.15, 0.2) is 0 Å². The molecule has 1 saturated carbocycles. The maximum atomic E-state index is 11.8. The molecule has 0 radical (unpaired) electrons. The molecule has 1 saturated heterocycles. The highest BCUT2D eigenvalue weighted by molar-refractivity contribution is 5.83. The Kier molecular flexibility index (Phi) is 2.41. The van der Waals surface area contributed by atoms with Crippen LogP contribution in [0.15, 0.2) is 0 Å². The first-order chi connectivity index (χ1) is 6.18. The fraction of sp³-hybridized carbons (Fsp3) is 0.909. The number of carbonyl (C=O) groups is 1. The number of nitrogens with one attached hydrogen (secondary N) is 1. The zero-order valence-corrected chi connectivity index (χ0v) is 8.55. The van der Waals surface area contributed by atoms with E-state index in [-0.39, 0.29) is 5.92 Å². The SMILES string of the molecule is CC(C)C(=O)C1CC2CNCC2C1. The largest absolute Gasteiger partial charge is 0.316 e. The van der Waals surface area contributed by atoms with Crippen molar-refractivity contribution in [2.24, 2.45) is 23.7 Å². The van der Waals surface area contributed by atoms with Gasteiger partial charge in [-0.05, 0) is 37.8 Å². The summed E-state index contributed by atoms with van der Waals surface area (Å²) in [6, 6.07) is 0. The van der Waals surface area contributed by atoms with E-state index in [0.29, 0.717) is 11.7 Å². The van der Waals surface area contributed by atoms with Crippen molar-refractivity contribution in [2.45, 2.75) is 26.7 Å². The third kappa shape index (κ3) is 1.64. The lowest BCUT2D eigenvalue weighted by molar-refractivity contribution is -0.125. The summed E-state index contributed by atoms with van der Waals surface area (Å²) in [6.07, 6.45) is 2.30. The second-order valence-corrected chi connectivity index (χ2v) is 4.90. The molecule has 2 heteroatoms. The summed E-state index contributed by atoms with van der Waals surface area (Å²) in [5.41, 5.74) is 0. The number of rotatable bonds is 2. The molecule has 1 aliphatic heterocycles. The van der Waals surface area contributed by atoms with E-state index < -0.39 is 0 Å². The Morgan fingerprint density at radius 2 is 1.77 bits per heavy atom. The third-order valence-corrected chi connectivity index (χ3v) is 3.63. The average Bonchev–Trinajstić information content (AvgIpc) is 2.59. The van der Waals surface area contributed by atoms with Gasteiger partial charge in [0.05, 0.1) is 0 Å². The van der Waals surface area contributed by atoms with E-state index in [1.54, 1.807) is 0 Å². The fourth-order valence-corrected chi connectivity index (χ4v) is 2.87. The van der Waals surface area contributed by atoms with E-state index in [1.807, 2.05) is 13.8 Å². The molecule has 1 N–H and O–H groups in total. The van der Waals surface area contributed by atoms with E-state index >= 15 is 0 Å². The summed E-state index contributed by atoms with van der Waals surface area (Å²) in [7, 11) is 0. The second-order valence-electron chi connectivity index (χ2n) is 4.90. The Balaban J connectivity index is 1.95. The predicted octanol–water partition coefficient (Wildman–Crippen LogP) is 1.46. The summed E-state index contributed by atoms with van der Waals surface area (Å²) in [5, 5.41) is 3.40. The van der Waals surface area contributed by atoms with Crippen molar-refractivity contribution in [2.75, 3.05) is 13.1 Å². The molecule has 2 aliphatic rings. The first-order valence-electron chi connectivity index (χ1n) is 5.43. The average molecular weight is 181 g/mol. The summed E-state index contributed by atoms with van der Waals surface area (Å²) in [5.74, 6) is 2.71. The molecular weight excluding hydrogens is 162 g/mol. The lowest BCUT2D eigenvalue weighted by Gasteiger charge is -2.12. The Labute approximate surface area is 80.1 Å². The topological polar surface area (TPSA) is 29.1 Å². The molecule has 0 amide bonds. The van der Waals surface area contributed by atoms with E-state index in [0.717, 1.165) is 37.8 Å². The van der Waals surface area contributed by atoms with Crippen molar-refractivity contribution in [1.82, 2.24) is 5.32 Å². The highest BCUT2D eigenvalue weighted by Crippen LogP contribution is 2.39. The Morgan fingerprint density at radius 1 is 1.23 bits per heavy atom. The molecule has 13 heavy (non-hydrogen) atoms. The van der Waals surface area contributed by atoms with Crippen LogP contribution in [0.2, 0.25) is 0 Å². The van der Waals surface area contributed by atoms with Crippen LogP contribution in [0.25, 0.3) is 0 Å². The monoisotopic (exact) mass is 181 g/mol. The van der Waals surface area contributed by atoms with Crippen LogP contribution in [0.4, 0.5) is 0 Å². The predicted molar refractivity (Wildman–Crippen MR) is 52.4 cm³/mol. The first-order valence-corrected chi connectivity index (χ1v) is 5.43. The summed E-state index contributed by atoms with van der Waals surface area (Å²) in [6.45, 7) is 6.34. The number of carbonyl (C=O) groups excluding carboxylic acids is 1. The molecule has 2 rings (SSSR count). The van der Waals surface area contributed by atoms with Gasteiger partial charge < -0.3 is 5.32 Å². The molecule has 1 heterocycles. The molecule has 74 valence electrons.